The quantitative estimate of drug-likeness (QED) is 0.658. The lowest BCUT2D eigenvalue weighted by molar-refractivity contribution is -0.116. The number of hydrogen-bond donors (Lipinski definition) is 2. The number of nitrogens with one attached hydrogen (secondary N) is 1. The van der Waals surface area contributed by atoms with Gasteiger partial charge in [-0.15, -0.1) is 11.6 Å². The number of anilines is 1. The molecule has 0 atom stereocenters. The molecule has 128 valence electrons. The van der Waals surface area contributed by atoms with Gasteiger partial charge < -0.3 is 10.3 Å². The van der Waals surface area contributed by atoms with Gasteiger partial charge >= 0.3 is 0 Å². The van der Waals surface area contributed by atoms with Gasteiger partial charge in [-0.05, 0) is 18.6 Å². The number of nitrogens with zero attached hydrogens (tertiary/aromatic N) is 2. The van der Waals surface area contributed by atoms with Crippen LogP contribution >= 0.6 is 11.6 Å². The molecule has 0 aliphatic rings. The summed E-state index contributed by atoms with van der Waals surface area (Å²) < 4.78 is 5.12. The molecule has 3 rings (SSSR count). The third kappa shape index (κ3) is 3.61. The van der Waals surface area contributed by atoms with E-state index >= 15 is 0 Å². The highest BCUT2D eigenvalue weighted by Gasteiger charge is 2.24. The van der Waals surface area contributed by atoms with Crippen LogP contribution in [0.4, 0.5) is 5.88 Å². The van der Waals surface area contributed by atoms with Crippen molar-refractivity contribution in [1.29, 1.82) is 0 Å². The minimum absolute atomic E-state index is 0.0120. The summed E-state index contributed by atoms with van der Waals surface area (Å²) in [4.78, 5) is 28.2. The first-order valence-corrected chi connectivity index (χ1v) is 8.15. The van der Waals surface area contributed by atoms with E-state index in [0.29, 0.717) is 18.0 Å². The molecule has 25 heavy (non-hydrogen) atoms. The van der Waals surface area contributed by atoms with E-state index in [1.807, 2.05) is 30.3 Å². The van der Waals surface area contributed by atoms with Crippen LogP contribution in [0.25, 0.3) is 22.3 Å². The SMILES string of the molecule is NC(=O)c1c(-c2ccc3ccccc3n2)noc1NC(=O)CCCCl. The number of rotatable bonds is 6. The second-order valence-corrected chi connectivity index (χ2v) is 5.71. The Kier molecular flexibility index (Phi) is 4.95. The smallest absolute Gasteiger partial charge is 0.256 e. The van der Waals surface area contributed by atoms with E-state index < -0.39 is 5.91 Å². The second kappa shape index (κ2) is 7.31. The topological polar surface area (TPSA) is 111 Å². The molecule has 8 heteroatoms. The van der Waals surface area contributed by atoms with Gasteiger partial charge in [-0.25, -0.2) is 4.98 Å². The van der Waals surface area contributed by atoms with Crippen LogP contribution in [0.3, 0.4) is 0 Å². The molecular formula is C17H15ClN4O3. The summed E-state index contributed by atoms with van der Waals surface area (Å²) in [6, 6.07) is 11.1. The minimum Gasteiger partial charge on any atom is -0.365 e. The van der Waals surface area contributed by atoms with E-state index in [2.05, 4.69) is 15.5 Å². The Labute approximate surface area is 148 Å². The molecule has 0 bridgehead atoms. The Bertz CT molecular complexity index is 939. The first-order chi connectivity index (χ1) is 12.1. The highest BCUT2D eigenvalue weighted by molar-refractivity contribution is 6.18. The van der Waals surface area contributed by atoms with Gasteiger partial charge in [-0.2, -0.15) is 0 Å². The zero-order valence-corrected chi connectivity index (χ0v) is 13.9. The molecule has 7 nitrogen and oxygen atoms in total. The number of para-hydroxylation sites is 1. The zero-order chi connectivity index (χ0) is 17.8. The summed E-state index contributed by atoms with van der Waals surface area (Å²) in [6.07, 6.45) is 0.707. The van der Waals surface area contributed by atoms with Crippen LogP contribution in [0.5, 0.6) is 0 Å². The van der Waals surface area contributed by atoms with Crippen molar-refractivity contribution in [2.24, 2.45) is 5.73 Å². The summed E-state index contributed by atoms with van der Waals surface area (Å²) in [6.45, 7) is 0. The fourth-order valence-electron chi connectivity index (χ4n) is 2.39. The molecule has 3 N–H and O–H groups in total. The van der Waals surface area contributed by atoms with Gasteiger partial charge in [-0.1, -0.05) is 29.4 Å². The number of fused-ring (bicyclic) bond motifs is 1. The molecule has 0 radical (unpaired) electrons. The first kappa shape index (κ1) is 16.9. The van der Waals surface area contributed by atoms with E-state index in [0.717, 1.165) is 10.9 Å². The number of amides is 2. The maximum Gasteiger partial charge on any atom is 0.256 e. The highest BCUT2D eigenvalue weighted by atomic mass is 35.5. The Morgan fingerprint density at radius 3 is 2.76 bits per heavy atom. The number of aromatic nitrogens is 2. The molecule has 0 saturated heterocycles. The Morgan fingerprint density at radius 1 is 1.20 bits per heavy atom. The average molecular weight is 359 g/mol. The predicted molar refractivity (Wildman–Crippen MR) is 94.3 cm³/mol. The van der Waals surface area contributed by atoms with Crippen LogP contribution in [0.2, 0.25) is 0 Å². The van der Waals surface area contributed by atoms with Crippen molar-refractivity contribution in [3.05, 3.63) is 42.0 Å². The van der Waals surface area contributed by atoms with Crippen molar-refractivity contribution in [3.8, 4) is 11.4 Å². The zero-order valence-electron chi connectivity index (χ0n) is 13.2. The molecule has 1 aromatic carbocycles. The summed E-state index contributed by atoms with van der Waals surface area (Å²) in [5.41, 5.74) is 6.79. The standard InChI is InChI=1S/C17H15ClN4O3/c18-9-3-6-13(23)21-17-14(16(19)24)15(22-25-17)12-8-7-10-4-1-2-5-11(10)20-12/h1-2,4-5,7-8H,3,6,9H2,(H2,19,24)(H,21,23). The minimum atomic E-state index is -0.765. The van der Waals surface area contributed by atoms with Crippen LogP contribution in [-0.2, 0) is 4.79 Å². The summed E-state index contributed by atoms with van der Waals surface area (Å²) >= 11 is 5.56. The summed E-state index contributed by atoms with van der Waals surface area (Å²) in [7, 11) is 0. The molecule has 0 saturated carbocycles. The Hall–Kier alpha value is -2.93. The van der Waals surface area contributed by atoms with Gasteiger partial charge in [0, 0.05) is 17.7 Å². The van der Waals surface area contributed by atoms with E-state index in [1.165, 1.54) is 0 Å². The van der Waals surface area contributed by atoms with Gasteiger partial charge in [0.1, 0.15) is 11.3 Å². The van der Waals surface area contributed by atoms with Gasteiger partial charge in [0.15, 0.2) is 0 Å². The van der Waals surface area contributed by atoms with E-state index in [1.54, 1.807) is 6.07 Å². The van der Waals surface area contributed by atoms with Crippen molar-refractivity contribution in [2.45, 2.75) is 12.8 Å². The normalized spacial score (nSPS) is 10.8. The van der Waals surface area contributed by atoms with Crippen molar-refractivity contribution in [2.75, 3.05) is 11.2 Å². The Morgan fingerprint density at radius 2 is 2.00 bits per heavy atom. The number of alkyl halides is 1. The van der Waals surface area contributed by atoms with Crippen LogP contribution in [0, 0.1) is 0 Å². The monoisotopic (exact) mass is 358 g/mol. The molecule has 0 spiro atoms. The molecule has 2 amide bonds. The van der Waals surface area contributed by atoms with E-state index in [-0.39, 0.29) is 29.5 Å². The summed E-state index contributed by atoms with van der Waals surface area (Å²) in [5, 5.41) is 7.32. The van der Waals surface area contributed by atoms with Gasteiger partial charge in [0.25, 0.3) is 5.91 Å². The Balaban J connectivity index is 1.98. The van der Waals surface area contributed by atoms with Crippen molar-refractivity contribution in [3.63, 3.8) is 0 Å². The fraction of sp³-hybridized carbons (Fsp3) is 0.176. The number of nitrogens with two attached hydrogens (primary N) is 1. The number of carbonyl (C=O) groups excluding carboxylic acids is 2. The lowest BCUT2D eigenvalue weighted by Crippen LogP contribution is -2.17. The van der Waals surface area contributed by atoms with Crippen LogP contribution in [-0.4, -0.2) is 27.8 Å². The van der Waals surface area contributed by atoms with Gasteiger partial charge in [0.2, 0.25) is 11.8 Å². The van der Waals surface area contributed by atoms with Crippen molar-refractivity contribution < 1.29 is 14.1 Å². The van der Waals surface area contributed by atoms with Crippen LogP contribution in [0.1, 0.15) is 23.2 Å². The third-order valence-corrected chi connectivity index (χ3v) is 3.84. The molecule has 0 unspecified atom stereocenters. The molecule has 2 heterocycles. The fourth-order valence-corrected chi connectivity index (χ4v) is 2.53. The highest BCUT2D eigenvalue weighted by Crippen LogP contribution is 2.28. The predicted octanol–water partition coefficient (Wildman–Crippen LogP) is 2.95. The second-order valence-electron chi connectivity index (χ2n) is 5.33. The largest absolute Gasteiger partial charge is 0.365 e. The number of pyridine rings is 1. The van der Waals surface area contributed by atoms with E-state index in [4.69, 9.17) is 21.9 Å². The molecule has 2 aromatic heterocycles. The number of halogens is 1. The average Bonchev–Trinajstić information content (AvgIpc) is 3.03. The molecule has 3 aromatic rings. The molecular weight excluding hydrogens is 344 g/mol. The van der Waals surface area contributed by atoms with Crippen molar-refractivity contribution in [1.82, 2.24) is 10.1 Å². The maximum atomic E-state index is 11.9. The lowest BCUT2D eigenvalue weighted by atomic mass is 10.1. The van der Waals surface area contributed by atoms with E-state index in [9.17, 15) is 9.59 Å². The molecule has 0 aliphatic carbocycles. The van der Waals surface area contributed by atoms with Crippen LogP contribution < -0.4 is 11.1 Å². The number of hydrogen-bond acceptors (Lipinski definition) is 5. The number of carbonyl (C=O) groups is 2. The third-order valence-electron chi connectivity index (χ3n) is 3.57. The maximum absolute atomic E-state index is 11.9. The number of benzene rings is 1. The molecule has 0 fully saturated rings. The first-order valence-electron chi connectivity index (χ1n) is 7.61. The van der Waals surface area contributed by atoms with Crippen LogP contribution in [0.15, 0.2) is 40.9 Å². The number of primary amides is 1. The van der Waals surface area contributed by atoms with Gasteiger partial charge in [0.05, 0.1) is 11.2 Å². The lowest BCUT2D eigenvalue weighted by Gasteiger charge is -2.03. The van der Waals surface area contributed by atoms with Gasteiger partial charge in [-0.3, -0.25) is 14.9 Å². The van der Waals surface area contributed by atoms with Crippen molar-refractivity contribution >= 4 is 40.2 Å². The summed E-state index contributed by atoms with van der Waals surface area (Å²) in [5.74, 6) is -0.827. The molecule has 0 aliphatic heterocycles.